The van der Waals surface area contributed by atoms with Crippen LogP contribution in [0.25, 0.3) is 33.6 Å². The average Bonchev–Trinajstić information content (AvgIpc) is 2.92. The number of nitrogens with zero attached hydrogens (tertiary/aromatic N) is 2. The Balaban J connectivity index is 1.71. The Kier molecular flexibility index (Phi) is 9.33. The smallest absolute Gasteiger partial charge is 0.218 e. The molecule has 2 heterocycles. The lowest BCUT2D eigenvalue weighted by molar-refractivity contribution is 0.0794. The van der Waals surface area contributed by atoms with Crippen LogP contribution in [0.1, 0.15) is 37.9 Å². The van der Waals surface area contributed by atoms with Gasteiger partial charge in [0.25, 0.3) is 0 Å². The number of aromatic nitrogens is 2. The monoisotopic (exact) mass is 580 g/mol. The third-order valence-corrected chi connectivity index (χ3v) is 7.23. The van der Waals surface area contributed by atoms with Gasteiger partial charge in [-0.1, -0.05) is 65.7 Å². The van der Waals surface area contributed by atoms with Crippen LogP contribution >= 0.6 is 23.2 Å². The standard InChI is InChI=1S/C31H34Cl2N4O3/c1-18(34)20-13-15-26(37-30(20)40-5)24-11-7-9-22(28(24)33)21-8-6-10-23(27(21)32)25-14-12-19(29(36-25)39-4)16-35-17-31(2,3)38/h6-15,18,35,38H,16-17,34H2,1-5H3/t18-/m0/s1. The van der Waals surface area contributed by atoms with E-state index in [0.717, 1.165) is 33.4 Å². The van der Waals surface area contributed by atoms with E-state index in [1.165, 1.54) is 0 Å². The van der Waals surface area contributed by atoms with Crippen molar-refractivity contribution in [1.82, 2.24) is 15.3 Å². The predicted molar refractivity (Wildman–Crippen MR) is 162 cm³/mol. The predicted octanol–water partition coefficient (Wildman–Crippen LogP) is 6.68. The van der Waals surface area contributed by atoms with E-state index in [4.69, 9.17) is 43.4 Å². The fourth-order valence-corrected chi connectivity index (χ4v) is 5.07. The quantitative estimate of drug-likeness (QED) is 0.192. The number of ether oxygens (including phenoxy) is 2. The van der Waals surface area contributed by atoms with Crippen molar-refractivity contribution in [1.29, 1.82) is 0 Å². The number of benzene rings is 2. The van der Waals surface area contributed by atoms with Crippen LogP contribution in [0.4, 0.5) is 0 Å². The number of aliphatic hydroxyl groups is 1. The molecule has 0 aliphatic carbocycles. The fraction of sp³-hybridized carbons (Fsp3) is 0.290. The van der Waals surface area contributed by atoms with Gasteiger partial charge in [-0.2, -0.15) is 0 Å². The molecule has 2 aromatic carbocycles. The maximum absolute atomic E-state index is 9.97. The van der Waals surface area contributed by atoms with Gasteiger partial charge in [0.15, 0.2) is 0 Å². The van der Waals surface area contributed by atoms with E-state index in [-0.39, 0.29) is 6.04 Å². The summed E-state index contributed by atoms with van der Waals surface area (Å²) >= 11 is 14.0. The summed E-state index contributed by atoms with van der Waals surface area (Å²) in [5, 5.41) is 14.2. The van der Waals surface area contributed by atoms with Crippen molar-refractivity contribution >= 4 is 23.2 Å². The molecule has 0 saturated heterocycles. The first-order chi connectivity index (χ1) is 19.0. The summed E-state index contributed by atoms with van der Waals surface area (Å²) in [5.41, 5.74) is 11.3. The Morgan fingerprint density at radius 2 is 1.32 bits per heavy atom. The molecule has 210 valence electrons. The molecule has 0 radical (unpaired) electrons. The highest BCUT2D eigenvalue weighted by atomic mass is 35.5. The van der Waals surface area contributed by atoms with Crippen LogP contribution in [0.15, 0.2) is 60.7 Å². The van der Waals surface area contributed by atoms with E-state index in [9.17, 15) is 5.11 Å². The highest BCUT2D eigenvalue weighted by Crippen LogP contribution is 2.42. The van der Waals surface area contributed by atoms with Gasteiger partial charge < -0.3 is 25.6 Å². The summed E-state index contributed by atoms with van der Waals surface area (Å²) < 4.78 is 11.1. The van der Waals surface area contributed by atoms with Crippen molar-refractivity contribution in [2.75, 3.05) is 20.8 Å². The average molecular weight is 582 g/mol. The van der Waals surface area contributed by atoms with Crippen molar-refractivity contribution in [2.45, 2.75) is 39.0 Å². The van der Waals surface area contributed by atoms with Gasteiger partial charge in [-0.25, -0.2) is 9.97 Å². The molecule has 40 heavy (non-hydrogen) atoms. The third kappa shape index (κ3) is 6.57. The summed E-state index contributed by atoms with van der Waals surface area (Å²) in [6, 6.07) is 18.9. The largest absolute Gasteiger partial charge is 0.481 e. The van der Waals surface area contributed by atoms with Crippen LogP contribution in [0.5, 0.6) is 11.8 Å². The van der Waals surface area contributed by atoms with Crippen molar-refractivity contribution in [3.8, 4) is 45.4 Å². The number of halogens is 2. The van der Waals surface area contributed by atoms with Gasteiger partial charge >= 0.3 is 0 Å². The topological polar surface area (TPSA) is 103 Å². The number of hydrogen-bond donors (Lipinski definition) is 3. The maximum Gasteiger partial charge on any atom is 0.218 e. The zero-order valence-electron chi connectivity index (χ0n) is 23.3. The first kappa shape index (κ1) is 29.8. The van der Waals surface area contributed by atoms with Crippen LogP contribution in [0, 0.1) is 0 Å². The SMILES string of the molecule is COc1nc(-c2cccc(-c3cccc(-c4ccc([C@H](C)N)c(OC)n4)c3Cl)c2Cl)ccc1CNCC(C)(C)O. The van der Waals surface area contributed by atoms with Crippen LogP contribution in [0.2, 0.25) is 10.0 Å². The van der Waals surface area contributed by atoms with Gasteiger partial charge in [0.2, 0.25) is 11.8 Å². The van der Waals surface area contributed by atoms with E-state index < -0.39 is 5.60 Å². The Labute approximate surface area is 245 Å². The summed E-state index contributed by atoms with van der Waals surface area (Å²) in [6.45, 7) is 6.32. The molecule has 4 N–H and O–H groups in total. The molecule has 1 atom stereocenters. The van der Waals surface area contributed by atoms with Crippen LogP contribution in [-0.2, 0) is 6.54 Å². The Bertz CT molecular complexity index is 1500. The summed E-state index contributed by atoms with van der Waals surface area (Å²) in [4.78, 5) is 9.39. The number of methoxy groups -OCH3 is 2. The van der Waals surface area contributed by atoms with E-state index >= 15 is 0 Å². The molecule has 7 nitrogen and oxygen atoms in total. The summed E-state index contributed by atoms with van der Waals surface area (Å²) in [6.07, 6.45) is 0. The first-order valence-electron chi connectivity index (χ1n) is 12.9. The van der Waals surface area contributed by atoms with Crippen LogP contribution in [0.3, 0.4) is 0 Å². The number of hydrogen-bond acceptors (Lipinski definition) is 7. The molecule has 4 rings (SSSR count). The molecular formula is C31H34Cl2N4O3. The summed E-state index contributed by atoms with van der Waals surface area (Å²) in [7, 11) is 3.15. The van der Waals surface area contributed by atoms with E-state index in [1.807, 2.05) is 67.6 Å². The van der Waals surface area contributed by atoms with Gasteiger partial charge in [0.1, 0.15) is 0 Å². The zero-order valence-corrected chi connectivity index (χ0v) is 24.8. The van der Waals surface area contributed by atoms with Gasteiger partial charge in [0, 0.05) is 52.5 Å². The van der Waals surface area contributed by atoms with E-state index in [1.54, 1.807) is 28.1 Å². The van der Waals surface area contributed by atoms with Gasteiger partial charge in [-0.3, -0.25) is 0 Å². The summed E-state index contributed by atoms with van der Waals surface area (Å²) in [5.74, 6) is 0.949. The van der Waals surface area contributed by atoms with Gasteiger partial charge in [-0.05, 0) is 39.0 Å². The Morgan fingerprint density at radius 3 is 1.82 bits per heavy atom. The van der Waals surface area contributed by atoms with Crippen molar-refractivity contribution in [2.24, 2.45) is 5.73 Å². The van der Waals surface area contributed by atoms with E-state index in [0.29, 0.717) is 46.3 Å². The Morgan fingerprint density at radius 1 is 0.825 bits per heavy atom. The van der Waals surface area contributed by atoms with Gasteiger partial charge in [0.05, 0.1) is 41.3 Å². The number of nitrogens with one attached hydrogen (secondary N) is 1. The minimum atomic E-state index is -0.818. The molecule has 4 aromatic rings. The molecule has 0 unspecified atom stereocenters. The number of pyridine rings is 2. The lowest BCUT2D eigenvalue weighted by Gasteiger charge is -2.18. The van der Waals surface area contributed by atoms with Crippen LogP contribution < -0.4 is 20.5 Å². The number of rotatable bonds is 10. The first-order valence-corrected chi connectivity index (χ1v) is 13.6. The highest BCUT2D eigenvalue weighted by Gasteiger charge is 2.19. The van der Waals surface area contributed by atoms with Crippen LogP contribution in [-0.4, -0.2) is 41.4 Å². The minimum Gasteiger partial charge on any atom is -0.481 e. The van der Waals surface area contributed by atoms with Crippen molar-refractivity contribution < 1.29 is 14.6 Å². The molecule has 0 aliphatic rings. The third-order valence-electron chi connectivity index (χ3n) is 6.42. The zero-order chi connectivity index (χ0) is 29.0. The van der Waals surface area contributed by atoms with Gasteiger partial charge in [-0.15, -0.1) is 0 Å². The second kappa shape index (κ2) is 12.5. The molecule has 2 aromatic heterocycles. The second-order valence-corrected chi connectivity index (χ2v) is 11.0. The highest BCUT2D eigenvalue weighted by molar-refractivity contribution is 6.39. The van der Waals surface area contributed by atoms with Crippen molar-refractivity contribution in [3.05, 3.63) is 81.8 Å². The molecule has 0 fully saturated rings. The molecule has 0 saturated carbocycles. The Hall–Kier alpha value is -3.20. The molecular weight excluding hydrogens is 547 g/mol. The fourth-order valence-electron chi connectivity index (χ4n) is 4.42. The second-order valence-electron chi connectivity index (χ2n) is 10.2. The van der Waals surface area contributed by atoms with E-state index in [2.05, 4.69) is 10.3 Å². The number of nitrogens with two attached hydrogens (primary N) is 1. The normalized spacial score (nSPS) is 12.3. The lowest BCUT2D eigenvalue weighted by Crippen LogP contribution is -2.34. The lowest BCUT2D eigenvalue weighted by atomic mass is 9.98. The molecule has 9 heteroatoms. The molecule has 0 bridgehead atoms. The van der Waals surface area contributed by atoms with Crippen molar-refractivity contribution in [3.63, 3.8) is 0 Å². The molecule has 0 amide bonds. The molecule has 0 aliphatic heterocycles. The maximum atomic E-state index is 9.97. The molecule has 0 spiro atoms. The minimum absolute atomic E-state index is 0.217.